The number of halogens is 1. The van der Waals surface area contributed by atoms with Crippen molar-refractivity contribution in [3.8, 4) is 11.5 Å². The fourth-order valence-electron chi connectivity index (χ4n) is 2.74. The molecule has 1 unspecified atom stereocenters. The van der Waals surface area contributed by atoms with Crippen molar-refractivity contribution in [1.29, 1.82) is 0 Å². The lowest BCUT2D eigenvalue weighted by molar-refractivity contribution is 0.280. The molecule has 0 radical (unpaired) electrons. The van der Waals surface area contributed by atoms with Gasteiger partial charge in [-0.3, -0.25) is 0 Å². The number of hydrogen-bond donors (Lipinski definition) is 1. The summed E-state index contributed by atoms with van der Waals surface area (Å²) in [7, 11) is 1.68. The lowest BCUT2D eigenvalue weighted by atomic mass is 9.91. The third-order valence-electron chi connectivity index (χ3n) is 4.18. The molecule has 2 aliphatic rings. The zero-order valence-electron chi connectivity index (χ0n) is 12.0. The van der Waals surface area contributed by atoms with E-state index < -0.39 is 0 Å². The predicted octanol–water partition coefficient (Wildman–Crippen LogP) is 3.60. The van der Waals surface area contributed by atoms with Gasteiger partial charge in [-0.05, 0) is 61.8 Å². The number of piperidine rings is 1. The van der Waals surface area contributed by atoms with E-state index in [9.17, 15) is 0 Å². The highest BCUT2D eigenvalue weighted by atomic mass is 35.5. The van der Waals surface area contributed by atoms with Gasteiger partial charge in [-0.1, -0.05) is 11.6 Å². The number of ether oxygens (including phenoxy) is 2. The Morgan fingerprint density at radius 2 is 2.15 bits per heavy atom. The summed E-state index contributed by atoms with van der Waals surface area (Å²) >= 11 is 6.41. The molecule has 1 N–H and O–H groups in total. The molecule has 0 spiro atoms. The highest BCUT2D eigenvalue weighted by Crippen LogP contribution is 2.40. The van der Waals surface area contributed by atoms with Crippen LogP contribution in [0.1, 0.15) is 37.2 Å². The number of rotatable bonds is 5. The van der Waals surface area contributed by atoms with Crippen LogP contribution in [0.5, 0.6) is 11.5 Å². The monoisotopic (exact) mass is 295 g/mol. The van der Waals surface area contributed by atoms with Crippen molar-refractivity contribution >= 4 is 11.6 Å². The molecule has 1 aliphatic carbocycles. The fraction of sp³-hybridized carbons (Fsp3) is 0.625. The van der Waals surface area contributed by atoms with Crippen LogP contribution in [-0.2, 0) is 0 Å². The first-order chi connectivity index (χ1) is 9.78. The lowest BCUT2D eigenvalue weighted by Crippen LogP contribution is -2.28. The maximum atomic E-state index is 6.41. The molecule has 1 saturated heterocycles. The molecule has 1 aliphatic heterocycles. The molecule has 2 fully saturated rings. The average Bonchev–Trinajstić information content (AvgIpc) is 3.30. The van der Waals surface area contributed by atoms with E-state index in [-0.39, 0.29) is 0 Å². The molecule has 3 rings (SSSR count). The molecule has 4 heteroatoms. The van der Waals surface area contributed by atoms with Gasteiger partial charge in [0.1, 0.15) is 0 Å². The minimum Gasteiger partial charge on any atom is -0.493 e. The van der Waals surface area contributed by atoms with E-state index in [1.807, 2.05) is 6.07 Å². The summed E-state index contributed by atoms with van der Waals surface area (Å²) in [5, 5.41) is 4.11. The Morgan fingerprint density at radius 1 is 1.30 bits per heavy atom. The van der Waals surface area contributed by atoms with Gasteiger partial charge < -0.3 is 14.8 Å². The van der Waals surface area contributed by atoms with E-state index in [1.165, 1.54) is 31.2 Å². The number of hydrogen-bond acceptors (Lipinski definition) is 3. The summed E-state index contributed by atoms with van der Waals surface area (Å²) in [5.74, 6) is 2.69. The topological polar surface area (TPSA) is 30.5 Å². The number of benzene rings is 1. The zero-order chi connectivity index (χ0) is 13.9. The molecule has 1 atom stereocenters. The van der Waals surface area contributed by atoms with Gasteiger partial charge in [-0.2, -0.15) is 0 Å². The Labute approximate surface area is 125 Å². The van der Waals surface area contributed by atoms with E-state index in [2.05, 4.69) is 11.4 Å². The minimum atomic E-state index is 0.521. The normalized spacial score (nSPS) is 22.6. The molecular weight excluding hydrogens is 274 g/mol. The largest absolute Gasteiger partial charge is 0.493 e. The van der Waals surface area contributed by atoms with Crippen LogP contribution in [0.25, 0.3) is 0 Å². The Balaban J connectivity index is 1.79. The van der Waals surface area contributed by atoms with Crippen LogP contribution in [0.2, 0.25) is 5.02 Å². The third kappa shape index (κ3) is 3.21. The van der Waals surface area contributed by atoms with E-state index in [0.29, 0.717) is 22.6 Å². The van der Waals surface area contributed by atoms with Gasteiger partial charge in [0.2, 0.25) is 0 Å². The van der Waals surface area contributed by atoms with E-state index in [0.717, 1.165) is 25.4 Å². The Kier molecular flexibility index (Phi) is 4.37. The molecule has 0 aromatic heterocycles. The highest BCUT2D eigenvalue weighted by molar-refractivity contribution is 6.32. The summed E-state index contributed by atoms with van der Waals surface area (Å²) in [6.07, 6.45) is 4.96. The van der Waals surface area contributed by atoms with Gasteiger partial charge in [0.05, 0.1) is 18.7 Å². The van der Waals surface area contributed by atoms with Crippen LogP contribution in [0.4, 0.5) is 0 Å². The Morgan fingerprint density at radius 3 is 2.80 bits per heavy atom. The maximum absolute atomic E-state index is 6.41. The van der Waals surface area contributed by atoms with Crippen LogP contribution in [0.15, 0.2) is 12.1 Å². The van der Waals surface area contributed by atoms with Crippen LogP contribution in [-0.4, -0.2) is 26.8 Å². The van der Waals surface area contributed by atoms with Crippen molar-refractivity contribution in [1.82, 2.24) is 5.32 Å². The van der Waals surface area contributed by atoms with Crippen LogP contribution < -0.4 is 14.8 Å². The van der Waals surface area contributed by atoms with E-state index >= 15 is 0 Å². The molecular formula is C16H22ClNO2. The second-order valence-corrected chi connectivity index (χ2v) is 6.24. The number of nitrogens with one attached hydrogen (secondary N) is 1. The highest BCUT2D eigenvalue weighted by Gasteiger charge is 2.24. The van der Waals surface area contributed by atoms with Gasteiger partial charge in [-0.25, -0.2) is 0 Å². The molecule has 1 heterocycles. The number of methoxy groups -OCH3 is 1. The fourth-order valence-corrected chi connectivity index (χ4v) is 3.01. The summed E-state index contributed by atoms with van der Waals surface area (Å²) < 4.78 is 11.3. The molecule has 20 heavy (non-hydrogen) atoms. The molecule has 1 aromatic carbocycles. The summed E-state index contributed by atoms with van der Waals surface area (Å²) in [6.45, 7) is 2.88. The van der Waals surface area contributed by atoms with Crippen LogP contribution in [0.3, 0.4) is 0 Å². The molecule has 110 valence electrons. The summed E-state index contributed by atoms with van der Waals surface area (Å²) in [5.41, 5.74) is 1.25. The minimum absolute atomic E-state index is 0.521. The molecule has 3 nitrogen and oxygen atoms in total. The molecule has 1 saturated carbocycles. The first-order valence-corrected chi connectivity index (χ1v) is 7.86. The third-order valence-corrected chi connectivity index (χ3v) is 4.46. The second kappa shape index (κ2) is 6.23. The quantitative estimate of drug-likeness (QED) is 0.900. The first kappa shape index (κ1) is 14.0. The van der Waals surface area contributed by atoms with Gasteiger partial charge in [0.15, 0.2) is 11.5 Å². The molecule has 0 amide bonds. The van der Waals surface area contributed by atoms with Crippen molar-refractivity contribution in [3.05, 3.63) is 22.7 Å². The van der Waals surface area contributed by atoms with E-state index in [4.69, 9.17) is 21.1 Å². The van der Waals surface area contributed by atoms with Gasteiger partial charge in [0.25, 0.3) is 0 Å². The molecule has 1 aromatic rings. The lowest BCUT2D eigenvalue weighted by Gasteiger charge is -2.24. The van der Waals surface area contributed by atoms with Crippen LogP contribution >= 0.6 is 11.6 Å². The second-order valence-electron chi connectivity index (χ2n) is 5.83. The Hall–Kier alpha value is -0.930. The smallest absolute Gasteiger partial charge is 0.179 e. The van der Waals surface area contributed by atoms with Crippen molar-refractivity contribution in [3.63, 3.8) is 0 Å². The molecule has 0 bridgehead atoms. The van der Waals surface area contributed by atoms with Crippen molar-refractivity contribution in [2.45, 2.75) is 31.6 Å². The maximum Gasteiger partial charge on any atom is 0.179 e. The van der Waals surface area contributed by atoms with Gasteiger partial charge in [-0.15, -0.1) is 0 Å². The summed E-state index contributed by atoms with van der Waals surface area (Å²) in [4.78, 5) is 0. The standard InChI is InChI=1S/C16H22ClNO2/c1-19-15-8-13(12-3-2-6-18-9-12)7-14(17)16(15)20-10-11-4-5-11/h7-8,11-12,18H,2-6,9-10H2,1H3. The van der Waals surface area contributed by atoms with Crippen molar-refractivity contribution in [2.75, 3.05) is 26.8 Å². The van der Waals surface area contributed by atoms with Crippen molar-refractivity contribution in [2.24, 2.45) is 5.92 Å². The van der Waals surface area contributed by atoms with Crippen molar-refractivity contribution < 1.29 is 9.47 Å². The van der Waals surface area contributed by atoms with Gasteiger partial charge in [0, 0.05) is 6.54 Å². The van der Waals surface area contributed by atoms with Gasteiger partial charge >= 0.3 is 0 Å². The first-order valence-electron chi connectivity index (χ1n) is 7.49. The average molecular weight is 296 g/mol. The van der Waals surface area contributed by atoms with Crippen LogP contribution in [0, 0.1) is 5.92 Å². The Bertz CT molecular complexity index is 468. The summed E-state index contributed by atoms with van der Waals surface area (Å²) in [6, 6.07) is 4.13. The zero-order valence-corrected chi connectivity index (χ0v) is 12.7. The van der Waals surface area contributed by atoms with E-state index in [1.54, 1.807) is 7.11 Å². The SMILES string of the molecule is COc1cc(C2CCCNC2)cc(Cl)c1OCC1CC1. The predicted molar refractivity (Wildman–Crippen MR) is 81.1 cm³/mol.